The number of amides is 1. The van der Waals surface area contributed by atoms with Crippen LogP contribution < -0.4 is 5.32 Å². The minimum atomic E-state index is -0.0575. The second-order valence-electron chi connectivity index (χ2n) is 3.88. The molecule has 94 valence electrons. The Morgan fingerprint density at radius 3 is 2.78 bits per heavy atom. The maximum absolute atomic E-state index is 11.5. The molecule has 0 aliphatic carbocycles. The van der Waals surface area contributed by atoms with Crippen LogP contribution in [0.4, 0.5) is 0 Å². The second kappa shape index (κ2) is 6.21. The Morgan fingerprint density at radius 2 is 2.11 bits per heavy atom. The molecule has 5 heteroatoms. The molecule has 1 heterocycles. The van der Waals surface area contributed by atoms with Gasteiger partial charge >= 0.3 is 0 Å². The molecule has 0 saturated carbocycles. The van der Waals surface area contributed by atoms with E-state index in [0.717, 1.165) is 12.0 Å². The lowest BCUT2D eigenvalue weighted by molar-refractivity contribution is -0.120. The van der Waals surface area contributed by atoms with E-state index in [1.165, 1.54) is 12.7 Å². The SMILES string of the molecule is O=C(Cc1cocn1)NCCc1ccc(Cl)cc1. The molecule has 0 unspecified atom stereocenters. The molecule has 2 rings (SSSR count). The van der Waals surface area contributed by atoms with Crippen molar-refractivity contribution in [2.45, 2.75) is 12.8 Å². The van der Waals surface area contributed by atoms with E-state index in [-0.39, 0.29) is 12.3 Å². The first-order valence-electron chi connectivity index (χ1n) is 5.62. The smallest absolute Gasteiger partial charge is 0.226 e. The lowest BCUT2D eigenvalue weighted by Gasteiger charge is -2.04. The van der Waals surface area contributed by atoms with E-state index in [2.05, 4.69) is 10.3 Å². The lowest BCUT2D eigenvalue weighted by atomic mass is 10.1. The average molecular weight is 265 g/mol. The van der Waals surface area contributed by atoms with Gasteiger partial charge in [-0.05, 0) is 24.1 Å². The zero-order chi connectivity index (χ0) is 12.8. The van der Waals surface area contributed by atoms with Crippen LogP contribution in [0.5, 0.6) is 0 Å². The first-order valence-corrected chi connectivity index (χ1v) is 6.00. The molecule has 0 aliphatic rings. The van der Waals surface area contributed by atoms with Crippen LogP contribution in [0.15, 0.2) is 41.3 Å². The van der Waals surface area contributed by atoms with Crippen LogP contribution in [0, 0.1) is 0 Å². The van der Waals surface area contributed by atoms with Gasteiger partial charge in [-0.2, -0.15) is 0 Å². The maximum atomic E-state index is 11.5. The molecule has 4 nitrogen and oxygen atoms in total. The van der Waals surface area contributed by atoms with Crippen LogP contribution in [0.1, 0.15) is 11.3 Å². The summed E-state index contributed by atoms with van der Waals surface area (Å²) in [5.41, 5.74) is 1.78. The molecule has 1 aromatic carbocycles. The Hall–Kier alpha value is -1.81. The number of aromatic nitrogens is 1. The lowest BCUT2D eigenvalue weighted by Crippen LogP contribution is -2.27. The van der Waals surface area contributed by atoms with Gasteiger partial charge in [0, 0.05) is 11.6 Å². The molecule has 0 saturated heterocycles. The van der Waals surface area contributed by atoms with Gasteiger partial charge in [-0.15, -0.1) is 0 Å². The molecule has 0 atom stereocenters. The van der Waals surface area contributed by atoms with Crippen molar-refractivity contribution in [1.82, 2.24) is 10.3 Å². The molecular weight excluding hydrogens is 252 g/mol. The van der Waals surface area contributed by atoms with E-state index in [1.807, 2.05) is 24.3 Å². The fourth-order valence-electron chi connectivity index (χ4n) is 1.55. The topological polar surface area (TPSA) is 55.1 Å². The van der Waals surface area contributed by atoms with Crippen LogP contribution >= 0.6 is 11.6 Å². The molecule has 0 spiro atoms. The molecule has 1 aromatic heterocycles. The second-order valence-corrected chi connectivity index (χ2v) is 4.32. The molecule has 0 aliphatic heterocycles. The summed E-state index contributed by atoms with van der Waals surface area (Å²) in [6.45, 7) is 0.596. The predicted octanol–water partition coefficient (Wildman–Crippen LogP) is 2.23. The van der Waals surface area contributed by atoms with E-state index in [9.17, 15) is 4.79 Å². The van der Waals surface area contributed by atoms with E-state index in [1.54, 1.807) is 0 Å². The normalized spacial score (nSPS) is 10.3. The summed E-state index contributed by atoms with van der Waals surface area (Å²) in [5.74, 6) is -0.0575. The van der Waals surface area contributed by atoms with Crippen LogP contribution in [0.2, 0.25) is 5.02 Å². The molecule has 2 aromatic rings. The van der Waals surface area contributed by atoms with E-state index in [4.69, 9.17) is 16.0 Å². The van der Waals surface area contributed by atoms with E-state index in [0.29, 0.717) is 17.3 Å². The minimum Gasteiger partial charge on any atom is -0.451 e. The summed E-state index contributed by atoms with van der Waals surface area (Å²) < 4.78 is 4.80. The quantitative estimate of drug-likeness (QED) is 0.901. The number of nitrogens with one attached hydrogen (secondary N) is 1. The summed E-state index contributed by atoms with van der Waals surface area (Å²) in [6.07, 6.45) is 3.81. The highest BCUT2D eigenvalue weighted by atomic mass is 35.5. The van der Waals surface area contributed by atoms with Crippen LogP contribution in [-0.2, 0) is 17.6 Å². The number of halogens is 1. The Bertz CT molecular complexity index is 494. The third-order valence-corrected chi connectivity index (χ3v) is 2.73. The van der Waals surface area contributed by atoms with Crippen LogP contribution in [0.25, 0.3) is 0 Å². The van der Waals surface area contributed by atoms with Gasteiger partial charge in [-0.1, -0.05) is 23.7 Å². The number of hydrogen-bond donors (Lipinski definition) is 1. The van der Waals surface area contributed by atoms with Crippen molar-refractivity contribution in [3.8, 4) is 0 Å². The maximum Gasteiger partial charge on any atom is 0.226 e. The molecule has 0 radical (unpaired) electrons. The van der Waals surface area contributed by atoms with Crippen molar-refractivity contribution in [2.75, 3.05) is 6.54 Å². The highest BCUT2D eigenvalue weighted by Crippen LogP contribution is 2.09. The first-order chi connectivity index (χ1) is 8.74. The number of carbonyl (C=O) groups excluding carboxylic acids is 1. The van der Waals surface area contributed by atoms with Gasteiger partial charge in [0.2, 0.25) is 5.91 Å². The third-order valence-electron chi connectivity index (χ3n) is 2.47. The highest BCUT2D eigenvalue weighted by Gasteiger charge is 2.04. The number of hydrogen-bond acceptors (Lipinski definition) is 3. The molecule has 0 fully saturated rings. The number of rotatable bonds is 5. The van der Waals surface area contributed by atoms with Gasteiger partial charge < -0.3 is 9.73 Å². The van der Waals surface area contributed by atoms with Gasteiger partial charge in [0.15, 0.2) is 6.39 Å². The fourth-order valence-corrected chi connectivity index (χ4v) is 1.68. The standard InChI is InChI=1S/C13H13ClN2O2/c14-11-3-1-10(2-4-11)5-6-15-13(17)7-12-8-18-9-16-12/h1-4,8-9H,5-7H2,(H,15,17). The average Bonchev–Trinajstić information content (AvgIpc) is 2.84. The van der Waals surface area contributed by atoms with E-state index < -0.39 is 0 Å². The van der Waals surface area contributed by atoms with Gasteiger partial charge in [0.1, 0.15) is 6.26 Å². The first kappa shape index (κ1) is 12.6. The number of benzene rings is 1. The number of carbonyl (C=O) groups is 1. The van der Waals surface area contributed by atoms with Crippen molar-refractivity contribution in [2.24, 2.45) is 0 Å². The summed E-state index contributed by atoms with van der Waals surface area (Å²) in [4.78, 5) is 15.4. The number of oxazole rings is 1. The Morgan fingerprint density at radius 1 is 1.33 bits per heavy atom. The van der Waals surface area contributed by atoms with Crippen LogP contribution in [-0.4, -0.2) is 17.4 Å². The zero-order valence-electron chi connectivity index (χ0n) is 9.73. The van der Waals surface area contributed by atoms with Crippen LogP contribution in [0.3, 0.4) is 0 Å². The predicted molar refractivity (Wildman–Crippen MR) is 68.4 cm³/mol. The van der Waals surface area contributed by atoms with Crippen molar-refractivity contribution >= 4 is 17.5 Å². The summed E-state index contributed by atoms with van der Waals surface area (Å²) >= 11 is 5.79. The Kier molecular flexibility index (Phi) is 4.36. The summed E-state index contributed by atoms with van der Waals surface area (Å²) in [6, 6.07) is 7.58. The highest BCUT2D eigenvalue weighted by molar-refractivity contribution is 6.30. The number of nitrogens with zero attached hydrogens (tertiary/aromatic N) is 1. The zero-order valence-corrected chi connectivity index (χ0v) is 10.5. The Labute approximate surface area is 110 Å². The van der Waals surface area contributed by atoms with Gasteiger partial charge in [0.25, 0.3) is 0 Å². The monoisotopic (exact) mass is 264 g/mol. The van der Waals surface area contributed by atoms with Gasteiger partial charge in [0.05, 0.1) is 12.1 Å². The van der Waals surface area contributed by atoms with Crippen molar-refractivity contribution in [3.63, 3.8) is 0 Å². The van der Waals surface area contributed by atoms with E-state index >= 15 is 0 Å². The van der Waals surface area contributed by atoms with Crippen molar-refractivity contribution < 1.29 is 9.21 Å². The fraction of sp³-hybridized carbons (Fsp3) is 0.231. The molecule has 1 N–H and O–H groups in total. The third kappa shape index (κ3) is 3.89. The van der Waals surface area contributed by atoms with Crippen molar-refractivity contribution in [1.29, 1.82) is 0 Å². The summed E-state index contributed by atoms with van der Waals surface area (Å²) in [5, 5.41) is 3.55. The molecule has 18 heavy (non-hydrogen) atoms. The Balaban J connectivity index is 1.72. The van der Waals surface area contributed by atoms with Gasteiger partial charge in [-0.3, -0.25) is 4.79 Å². The molecule has 1 amide bonds. The largest absolute Gasteiger partial charge is 0.451 e. The molecule has 0 bridgehead atoms. The van der Waals surface area contributed by atoms with Gasteiger partial charge in [-0.25, -0.2) is 4.98 Å². The summed E-state index contributed by atoms with van der Waals surface area (Å²) in [7, 11) is 0. The van der Waals surface area contributed by atoms with Crippen molar-refractivity contribution in [3.05, 3.63) is 53.2 Å². The minimum absolute atomic E-state index is 0.0575. The molecular formula is C13H13ClN2O2.